The van der Waals surface area contributed by atoms with Crippen LogP contribution in [0.3, 0.4) is 0 Å². The van der Waals surface area contributed by atoms with E-state index in [0.29, 0.717) is 6.07 Å². The first-order chi connectivity index (χ1) is 10.5. The van der Waals surface area contributed by atoms with Crippen molar-refractivity contribution < 1.29 is 17.2 Å². The summed E-state index contributed by atoms with van der Waals surface area (Å²) in [6, 6.07) is 5.66. The Morgan fingerprint density at radius 1 is 1.18 bits per heavy atom. The summed E-state index contributed by atoms with van der Waals surface area (Å²) in [5.74, 6) is -2.07. The van der Waals surface area contributed by atoms with Crippen LogP contribution < -0.4 is 4.72 Å². The number of pyridine rings is 1. The SMILES string of the molecule is O=S(=O)(NC(c1cccnc1)C1CC1)c1ccc(F)c(F)c1. The van der Waals surface area contributed by atoms with Gasteiger partial charge in [0.1, 0.15) is 0 Å². The van der Waals surface area contributed by atoms with Crippen molar-refractivity contribution in [3.8, 4) is 0 Å². The molecule has 1 N–H and O–H groups in total. The maximum absolute atomic E-state index is 13.3. The lowest BCUT2D eigenvalue weighted by molar-refractivity contribution is 0.501. The number of hydrogen-bond donors (Lipinski definition) is 1. The van der Waals surface area contributed by atoms with Crippen molar-refractivity contribution in [2.24, 2.45) is 5.92 Å². The van der Waals surface area contributed by atoms with Gasteiger partial charge in [-0.05, 0) is 48.6 Å². The summed E-state index contributed by atoms with van der Waals surface area (Å²) in [4.78, 5) is 3.71. The normalized spacial score (nSPS) is 16.5. The fraction of sp³-hybridized carbons (Fsp3) is 0.267. The van der Waals surface area contributed by atoms with Gasteiger partial charge in [-0.15, -0.1) is 0 Å². The highest BCUT2D eigenvalue weighted by molar-refractivity contribution is 7.89. The van der Waals surface area contributed by atoms with E-state index in [-0.39, 0.29) is 10.8 Å². The van der Waals surface area contributed by atoms with Crippen LogP contribution in [0, 0.1) is 17.6 Å². The molecule has 7 heteroatoms. The minimum absolute atomic E-state index is 0.198. The fourth-order valence-electron chi connectivity index (χ4n) is 2.31. The smallest absolute Gasteiger partial charge is 0.241 e. The molecule has 1 heterocycles. The number of rotatable bonds is 5. The van der Waals surface area contributed by atoms with Gasteiger partial charge in [0.05, 0.1) is 10.9 Å². The zero-order chi connectivity index (χ0) is 15.7. The van der Waals surface area contributed by atoms with Gasteiger partial charge < -0.3 is 0 Å². The van der Waals surface area contributed by atoms with E-state index >= 15 is 0 Å². The molecule has 0 radical (unpaired) electrons. The van der Waals surface area contributed by atoms with E-state index in [9.17, 15) is 17.2 Å². The van der Waals surface area contributed by atoms with Crippen LogP contribution in [0.1, 0.15) is 24.4 Å². The third-order valence-corrected chi connectivity index (χ3v) is 5.06. The Hall–Kier alpha value is -1.86. The van der Waals surface area contributed by atoms with Crippen molar-refractivity contribution in [2.45, 2.75) is 23.8 Å². The second-order valence-corrected chi connectivity index (χ2v) is 7.01. The molecule has 0 spiro atoms. The average molecular weight is 324 g/mol. The number of sulfonamides is 1. The maximum atomic E-state index is 13.3. The van der Waals surface area contributed by atoms with E-state index in [1.807, 2.05) is 0 Å². The molecule has 0 saturated heterocycles. The van der Waals surface area contributed by atoms with Gasteiger partial charge in [0.2, 0.25) is 10.0 Å². The van der Waals surface area contributed by atoms with Crippen molar-refractivity contribution in [1.82, 2.24) is 9.71 Å². The Bertz CT molecular complexity index is 777. The molecule has 1 aliphatic carbocycles. The van der Waals surface area contributed by atoms with Gasteiger partial charge in [-0.3, -0.25) is 4.98 Å². The summed E-state index contributed by atoms with van der Waals surface area (Å²) >= 11 is 0. The fourth-order valence-corrected chi connectivity index (χ4v) is 3.61. The van der Waals surface area contributed by atoms with Gasteiger partial charge in [0.25, 0.3) is 0 Å². The molecule has 0 amide bonds. The predicted molar refractivity (Wildman–Crippen MR) is 76.4 cm³/mol. The molecular formula is C15H14F2N2O2S. The van der Waals surface area contributed by atoms with Crippen molar-refractivity contribution in [3.63, 3.8) is 0 Å². The number of hydrogen-bond acceptors (Lipinski definition) is 3. The van der Waals surface area contributed by atoms with Crippen molar-refractivity contribution in [3.05, 3.63) is 59.9 Å². The van der Waals surface area contributed by atoms with Crippen LogP contribution in [-0.4, -0.2) is 13.4 Å². The molecule has 4 nitrogen and oxygen atoms in total. The molecule has 1 saturated carbocycles. The zero-order valence-electron chi connectivity index (χ0n) is 11.5. The van der Waals surface area contributed by atoms with Gasteiger partial charge >= 0.3 is 0 Å². The maximum Gasteiger partial charge on any atom is 0.241 e. The molecule has 2 aromatic rings. The molecule has 3 rings (SSSR count). The number of halogens is 2. The molecule has 1 aromatic carbocycles. The Morgan fingerprint density at radius 2 is 1.95 bits per heavy atom. The second kappa shape index (κ2) is 5.73. The number of aromatic nitrogens is 1. The number of benzene rings is 1. The van der Waals surface area contributed by atoms with E-state index < -0.39 is 27.7 Å². The average Bonchev–Trinajstić information content (AvgIpc) is 3.33. The predicted octanol–water partition coefficient (Wildman–Crippen LogP) is 2.79. The van der Waals surface area contributed by atoms with Crippen molar-refractivity contribution in [2.75, 3.05) is 0 Å². The zero-order valence-corrected chi connectivity index (χ0v) is 12.4. The summed E-state index contributed by atoms with van der Waals surface area (Å²) in [5.41, 5.74) is 0.760. The topological polar surface area (TPSA) is 59.1 Å². The molecule has 0 aliphatic heterocycles. The number of nitrogens with one attached hydrogen (secondary N) is 1. The molecule has 1 aromatic heterocycles. The van der Waals surface area contributed by atoms with Crippen LogP contribution in [0.15, 0.2) is 47.6 Å². The molecular weight excluding hydrogens is 310 g/mol. The van der Waals surface area contributed by atoms with Crippen molar-refractivity contribution in [1.29, 1.82) is 0 Å². The van der Waals surface area contributed by atoms with Crippen molar-refractivity contribution >= 4 is 10.0 Å². The standard InChI is InChI=1S/C15H14F2N2O2S/c16-13-6-5-12(8-14(13)17)22(20,21)19-15(10-3-4-10)11-2-1-7-18-9-11/h1-2,5-10,15,19H,3-4H2. The monoisotopic (exact) mass is 324 g/mol. The summed E-state index contributed by atoms with van der Waals surface area (Å²) in [6.45, 7) is 0. The van der Waals surface area contributed by atoms with E-state index in [2.05, 4.69) is 9.71 Å². The van der Waals surface area contributed by atoms with Crippen LogP contribution in [0.2, 0.25) is 0 Å². The molecule has 116 valence electrons. The first-order valence-corrected chi connectivity index (χ1v) is 8.33. The number of nitrogens with zero attached hydrogens (tertiary/aromatic N) is 1. The van der Waals surface area contributed by atoms with Crippen LogP contribution in [0.4, 0.5) is 8.78 Å². The third kappa shape index (κ3) is 3.15. The highest BCUT2D eigenvalue weighted by Gasteiger charge is 2.35. The Balaban J connectivity index is 1.90. The minimum atomic E-state index is -3.94. The van der Waals surface area contributed by atoms with Gasteiger partial charge in [0.15, 0.2) is 11.6 Å². The Kier molecular flexibility index (Phi) is 3.92. The quantitative estimate of drug-likeness (QED) is 0.920. The van der Waals surface area contributed by atoms with E-state index in [1.54, 1.807) is 24.5 Å². The molecule has 1 fully saturated rings. The molecule has 1 aliphatic rings. The van der Waals surface area contributed by atoms with Crippen LogP contribution in [0.25, 0.3) is 0 Å². The lowest BCUT2D eigenvalue weighted by Gasteiger charge is -2.18. The largest absolute Gasteiger partial charge is 0.264 e. The minimum Gasteiger partial charge on any atom is -0.264 e. The Labute approximate surface area is 127 Å². The highest BCUT2D eigenvalue weighted by atomic mass is 32.2. The summed E-state index contributed by atoms with van der Waals surface area (Å²) in [5, 5.41) is 0. The first-order valence-electron chi connectivity index (χ1n) is 6.85. The highest BCUT2D eigenvalue weighted by Crippen LogP contribution is 2.41. The van der Waals surface area contributed by atoms with E-state index in [4.69, 9.17) is 0 Å². The third-order valence-electron chi connectivity index (χ3n) is 3.62. The molecule has 1 atom stereocenters. The summed E-state index contributed by atoms with van der Waals surface area (Å²) < 4.78 is 53.6. The van der Waals surface area contributed by atoms with Gasteiger partial charge in [-0.25, -0.2) is 21.9 Å². The van der Waals surface area contributed by atoms with Crippen LogP contribution in [0.5, 0.6) is 0 Å². The molecule has 1 unspecified atom stereocenters. The van der Waals surface area contributed by atoms with Gasteiger partial charge in [0, 0.05) is 12.4 Å². The summed E-state index contributed by atoms with van der Waals surface area (Å²) in [6.07, 6.45) is 5.05. The van der Waals surface area contributed by atoms with Crippen LogP contribution in [-0.2, 0) is 10.0 Å². The second-order valence-electron chi connectivity index (χ2n) is 5.30. The lowest BCUT2D eigenvalue weighted by Crippen LogP contribution is -2.30. The molecule has 0 bridgehead atoms. The van der Waals surface area contributed by atoms with Crippen LogP contribution >= 0.6 is 0 Å². The van der Waals surface area contributed by atoms with E-state index in [0.717, 1.165) is 30.5 Å². The summed E-state index contributed by atoms with van der Waals surface area (Å²) in [7, 11) is -3.94. The van der Waals surface area contributed by atoms with Gasteiger partial charge in [-0.2, -0.15) is 0 Å². The van der Waals surface area contributed by atoms with E-state index in [1.165, 1.54) is 0 Å². The van der Waals surface area contributed by atoms with Gasteiger partial charge in [-0.1, -0.05) is 6.07 Å². The Morgan fingerprint density at radius 3 is 2.55 bits per heavy atom. The first kappa shape index (κ1) is 15.1. The lowest BCUT2D eigenvalue weighted by atomic mass is 10.1. The molecule has 22 heavy (non-hydrogen) atoms.